The average molecular weight is 252 g/mol. The number of carbonyl (C=O) groups excluding carboxylic acids is 2. The summed E-state index contributed by atoms with van der Waals surface area (Å²) in [5.41, 5.74) is -0.259. The molecule has 2 rings (SSSR count). The van der Waals surface area contributed by atoms with Crippen molar-refractivity contribution < 1.29 is 9.59 Å². The fourth-order valence-corrected chi connectivity index (χ4v) is 2.97. The second-order valence-corrected chi connectivity index (χ2v) is 5.93. The Labute approximate surface area is 109 Å². The molecule has 4 nitrogen and oxygen atoms in total. The van der Waals surface area contributed by atoms with Crippen LogP contribution in [0.3, 0.4) is 0 Å². The standard InChI is InChI=1S/C14H24N2O2/c1-14(8-4-2-5-9-14)13(18)16-11-7-3-6-10-15-12(11)17/h11H,2-10H2,1H3,(H,15,17)(H,16,18). The van der Waals surface area contributed by atoms with Crippen molar-refractivity contribution in [2.45, 2.75) is 64.3 Å². The van der Waals surface area contributed by atoms with Crippen molar-refractivity contribution in [3.63, 3.8) is 0 Å². The Morgan fingerprint density at radius 2 is 1.94 bits per heavy atom. The quantitative estimate of drug-likeness (QED) is 0.786. The molecule has 0 bridgehead atoms. The molecule has 1 aliphatic heterocycles. The topological polar surface area (TPSA) is 58.2 Å². The predicted molar refractivity (Wildman–Crippen MR) is 70.0 cm³/mol. The maximum absolute atomic E-state index is 12.4. The third-order valence-corrected chi connectivity index (χ3v) is 4.35. The number of hydrogen-bond donors (Lipinski definition) is 2. The molecule has 1 heterocycles. The SMILES string of the molecule is CC1(C(=O)NC2CCCCNC2=O)CCCCC1. The van der Waals surface area contributed by atoms with Gasteiger partial charge in [-0.2, -0.15) is 0 Å². The highest BCUT2D eigenvalue weighted by atomic mass is 16.2. The molecule has 0 aromatic carbocycles. The summed E-state index contributed by atoms with van der Waals surface area (Å²) < 4.78 is 0. The minimum atomic E-state index is -0.321. The molecule has 1 atom stereocenters. The van der Waals surface area contributed by atoms with Crippen LogP contribution < -0.4 is 10.6 Å². The zero-order chi connectivity index (χ0) is 13.0. The molecule has 1 aliphatic carbocycles. The summed E-state index contributed by atoms with van der Waals surface area (Å²) in [5, 5.41) is 5.83. The van der Waals surface area contributed by atoms with Crippen LogP contribution in [0.15, 0.2) is 0 Å². The van der Waals surface area contributed by atoms with E-state index in [9.17, 15) is 9.59 Å². The molecule has 1 saturated carbocycles. The van der Waals surface area contributed by atoms with Crippen LogP contribution in [0.25, 0.3) is 0 Å². The van der Waals surface area contributed by atoms with Gasteiger partial charge in [0.15, 0.2) is 0 Å². The van der Waals surface area contributed by atoms with Gasteiger partial charge in [-0.25, -0.2) is 0 Å². The maximum Gasteiger partial charge on any atom is 0.242 e. The van der Waals surface area contributed by atoms with Gasteiger partial charge in [-0.1, -0.05) is 26.2 Å². The number of nitrogens with one attached hydrogen (secondary N) is 2. The summed E-state index contributed by atoms with van der Waals surface area (Å²) in [6.45, 7) is 2.78. The van der Waals surface area contributed by atoms with Gasteiger partial charge in [0.1, 0.15) is 6.04 Å². The van der Waals surface area contributed by atoms with Crippen LogP contribution >= 0.6 is 0 Å². The van der Waals surface area contributed by atoms with Crippen LogP contribution in [-0.4, -0.2) is 24.4 Å². The fourth-order valence-electron chi connectivity index (χ4n) is 2.97. The Morgan fingerprint density at radius 3 is 2.67 bits per heavy atom. The number of rotatable bonds is 2. The molecular formula is C14H24N2O2. The van der Waals surface area contributed by atoms with E-state index in [4.69, 9.17) is 0 Å². The predicted octanol–water partition coefficient (Wildman–Crippen LogP) is 1.74. The van der Waals surface area contributed by atoms with E-state index in [0.717, 1.165) is 51.5 Å². The second-order valence-electron chi connectivity index (χ2n) is 5.93. The summed E-state index contributed by atoms with van der Waals surface area (Å²) >= 11 is 0. The van der Waals surface area contributed by atoms with Crippen molar-refractivity contribution in [3.8, 4) is 0 Å². The molecule has 0 aromatic rings. The van der Waals surface area contributed by atoms with Crippen molar-refractivity contribution in [2.24, 2.45) is 5.41 Å². The first-order chi connectivity index (χ1) is 8.62. The Kier molecular flexibility index (Phi) is 4.25. The molecule has 18 heavy (non-hydrogen) atoms. The molecule has 4 heteroatoms. The highest BCUT2D eigenvalue weighted by Crippen LogP contribution is 2.36. The lowest BCUT2D eigenvalue weighted by Crippen LogP contribution is -2.50. The fraction of sp³-hybridized carbons (Fsp3) is 0.857. The minimum absolute atomic E-state index is 0.0136. The first-order valence-corrected chi connectivity index (χ1v) is 7.20. The normalized spacial score (nSPS) is 28.1. The average Bonchev–Trinajstić information content (AvgIpc) is 2.56. The van der Waals surface area contributed by atoms with Crippen LogP contribution in [-0.2, 0) is 9.59 Å². The van der Waals surface area contributed by atoms with Gasteiger partial charge in [0.25, 0.3) is 0 Å². The summed E-state index contributed by atoms with van der Waals surface area (Å²) in [6.07, 6.45) is 8.16. The van der Waals surface area contributed by atoms with Crippen molar-refractivity contribution in [1.82, 2.24) is 10.6 Å². The summed E-state index contributed by atoms with van der Waals surface area (Å²) in [7, 11) is 0. The first-order valence-electron chi connectivity index (χ1n) is 7.20. The lowest BCUT2D eigenvalue weighted by molar-refractivity contribution is -0.136. The summed E-state index contributed by atoms with van der Waals surface area (Å²) in [4.78, 5) is 24.2. The molecule has 2 aliphatic rings. The van der Waals surface area contributed by atoms with Gasteiger partial charge in [0.05, 0.1) is 0 Å². The molecule has 0 spiro atoms. The van der Waals surface area contributed by atoms with E-state index in [-0.39, 0.29) is 23.3 Å². The van der Waals surface area contributed by atoms with Gasteiger partial charge >= 0.3 is 0 Å². The number of carbonyl (C=O) groups is 2. The highest BCUT2D eigenvalue weighted by molar-refractivity contribution is 5.90. The first kappa shape index (κ1) is 13.4. The van der Waals surface area contributed by atoms with E-state index in [1.165, 1.54) is 6.42 Å². The largest absolute Gasteiger partial charge is 0.354 e. The van der Waals surface area contributed by atoms with Gasteiger partial charge < -0.3 is 10.6 Å². The van der Waals surface area contributed by atoms with Crippen LogP contribution in [0, 0.1) is 5.41 Å². The molecule has 2 N–H and O–H groups in total. The molecule has 102 valence electrons. The molecule has 2 amide bonds. The smallest absolute Gasteiger partial charge is 0.242 e. The monoisotopic (exact) mass is 252 g/mol. The Bertz CT molecular complexity index is 322. The zero-order valence-electron chi connectivity index (χ0n) is 11.3. The van der Waals surface area contributed by atoms with Gasteiger partial charge in [0, 0.05) is 12.0 Å². The van der Waals surface area contributed by atoms with Crippen LogP contribution in [0.1, 0.15) is 58.3 Å². The summed E-state index contributed by atoms with van der Waals surface area (Å²) in [5.74, 6) is 0.0597. The van der Waals surface area contributed by atoms with Crippen molar-refractivity contribution in [1.29, 1.82) is 0 Å². The zero-order valence-corrected chi connectivity index (χ0v) is 11.3. The summed E-state index contributed by atoms with van der Waals surface area (Å²) in [6, 6.07) is -0.321. The van der Waals surface area contributed by atoms with E-state index in [0.29, 0.717) is 0 Å². The van der Waals surface area contributed by atoms with Gasteiger partial charge in [-0.3, -0.25) is 9.59 Å². The third-order valence-electron chi connectivity index (χ3n) is 4.35. The Balaban J connectivity index is 1.94. The van der Waals surface area contributed by atoms with E-state index in [2.05, 4.69) is 10.6 Å². The molecule has 1 unspecified atom stereocenters. The molecule has 0 radical (unpaired) electrons. The molecule has 2 fully saturated rings. The Hall–Kier alpha value is -1.06. The van der Waals surface area contributed by atoms with Crippen LogP contribution in [0.4, 0.5) is 0 Å². The third kappa shape index (κ3) is 3.03. The number of amides is 2. The van der Waals surface area contributed by atoms with Crippen LogP contribution in [0.2, 0.25) is 0 Å². The Morgan fingerprint density at radius 1 is 1.22 bits per heavy atom. The maximum atomic E-state index is 12.4. The van der Waals surface area contributed by atoms with E-state index < -0.39 is 0 Å². The van der Waals surface area contributed by atoms with Crippen LogP contribution in [0.5, 0.6) is 0 Å². The van der Waals surface area contributed by atoms with Crippen molar-refractivity contribution >= 4 is 11.8 Å². The second kappa shape index (κ2) is 5.72. The molecular weight excluding hydrogens is 228 g/mol. The van der Waals surface area contributed by atoms with E-state index in [1.54, 1.807) is 0 Å². The lowest BCUT2D eigenvalue weighted by atomic mass is 9.75. The van der Waals surface area contributed by atoms with Gasteiger partial charge in [-0.05, 0) is 32.1 Å². The van der Waals surface area contributed by atoms with Gasteiger partial charge in [0.2, 0.25) is 11.8 Å². The highest BCUT2D eigenvalue weighted by Gasteiger charge is 2.36. The van der Waals surface area contributed by atoms with E-state index in [1.807, 2.05) is 6.92 Å². The minimum Gasteiger partial charge on any atom is -0.354 e. The lowest BCUT2D eigenvalue weighted by Gasteiger charge is -2.33. The van der Waals surface area contributed by atoms with E-state index >= 15 is 0 Å². The number of hydrogen-bond acceptors (Lipinski definition) is 2. The van der Waals surface area contributed by atoms with Crippen molar-refractivity contribution in [2.75, 3.05) is 6.54 Å². The molecule has 1 saturated heterocycles. The molecule has 0 aromatic heterocycles. The van der Waals surface area contributed by atoms with Crippen molar-refractivity contribution in [3.05, 3.63) is 0 Å². The van der Waals surface area contributed by atoms with Gasteiger partial charge in [-0.15, -0.1) is 0 Å².